The molecule has 0 saturated carbocycles. The number of nitrogens with zero attached hydrogens (tertiary/aromatic N) is 5. The van der Waals surface area contributed by atoms with Crippen molar-refractivity contribution in [3.05, 3.63) is 66.0 Å². The first-order valence-electron chi connectivity index (χ1n) is 11.4. The van der Waals surface area contributed by atoms with E-state index in [4.69, 9.17) is 10.5 Å². The van der Waals surface area contributed by atoms with Crippen LogP contribution in [0, 0.1) is 0 Å². The van der Waals surface area contributed by atoms with E-state index in [1.807, 2.05) is 30.0 Å². The molecular weight excluding hydrogens is 446 g/mol. The Bertz CT molecular complexity index is 1360. The van der Waals surface area contributed by atoms with Crippen molar-refractivity contribution in [3.63, 3.8) is 0 Å². The number of para-hydroxylation sites is 1. The molecule has 10 nitrogen and oxygen atoms in total. The Morgan fingerprint density at radius 1 is 1.03 bits per heavy atom. The van der Waals surface area contributed by atoms with Crippen molar-refractivity contribution >= 4 is 28.8 Å². The summed E-state index contributed by atoms with van der Waals surface area (Å²) in [4.78, 5) is 45.1. The van der Waals surface area contributed by atoms with Gasteiger partial charge in [-0.1, -0.05) is 18.2 Å². The van der Waals surface area contributed by atoms with Gasteiger partial charge in [0.25, 0.3) is 11.8 Å². The van der Waals surface area contributed by atoms with Gasteiger partial charge in [0.05, 0.1) is 30.1 Å². The van der Waals surface area contributed by atoms with E-state index in [0.717, 1.165) is 11.1 Å². The van der Waals surface area contributed by atoms with Crippen LogP contribution in [0.15, 0.2) is 54.9 Å². The molecule has 178 valence electrons. The number of piperazine rings is 1. The number of fused-ring (bicyclic) bond motifs is 1. The molecule has 0 radical (unpaired) electrons. The molecule has 5 rings (SSSR count). The van der Waals surface area contributed by atoms with Crippen molar-refractivity contribution in [1.82, 2.24) is 24.8 Å². The standard InChI is InChI=1S/C25H25N7O3/c1-2-35-18-14-27-25(28-15-18)32-12-10-31(11-13-32)24(34)17-8-6-16(7-9-17)23-29-20-5-3-4-19(22(26)33)21(20)30-23/h3-9,14-15H,2,10-13H2,1H3,(H2,26,33)(H,29,30). The van der Waals surface area contributed by atoms with Crippen LogP contribution in [0.2, 0.25) is 0 Å². The minimum Gasteiger partial charge on any atom is -0.491 e. The lowest BCUT2D eigenvalue weighted by Gasteiger charge is -2.34. The molecule has 0 aliphatic carbocycles. The number of nitrogens with two attached hydrogens (primary N) is 1. The number of ether oxygens (including phenoxy) is 1. The first-order valence-corrected chi connectivity index (χ1v) is 11.4. The molecule has 1 aliphatic heterocycles. The molecule has 1 fully saturated rings. The predicted octanol–water partition coefficient (Wildman–Crippen LogP) is 2.48. The highest BCUT2D eigenvalue weighted by molar-refractivity contribution is 6.04. The quantitative estimate of drug-likeness (QED) is 0.442. The molecule has 0 bridgehead atoms. The van der Waals surface area contributed by atoms with Crippen molar-refractivity contribution in [2.75, 3.05) is 37.7 Å². The number of aromatic amines is 1. The van der Waals surface area contributed by atoms with E-state index in [1.165, 1.54) is 0 Å². The first-order chi connectivity index (χ1) is 17.0. The second kappa shape index (κ2) is 9.41. The molecule has 4 aromatic rings. The maximum atomic E-state index is 13.1. The summed E-state index contributed by atoms with van der Waals surface area (Å²) in [5.74, 6) is 1.34. The minimum atomic E-state index is -0.524. The molecule has 35 heavy (non-hydrogen) atoms. The zero-order chi connectivity index (χ0) is 24.4. The van der Waals surface area contributed by atoms with Gasteiger partial charge in [-0.2, -0.15) is 0 Å². The number of benzene rings is 2. The van der Waals surface area contributed by atoms with Crippen molar-refractivity contribution < 1.29 is 14.3 Å². The van der Waals surface area contributed by atoms with E-state index < -0.39 is 5.91 Å². The number of imidazole rings is 1. The third kappa shape index (κ3) is 4.50. The van der Waals surface area contributed by atoms with Gasteiger partial charge in [-0.15, -0.1) is 0 Å². The number of carbonyl (C=O) groups excluding carboxylic acids is 2. The number of hydrogen-bond acceptors (Lipinski definition) is 7. The fourth-order valence-electron chi connectivity index (χ4n) is 4.14. The number of hydrogen-bond donors (Lipinski definition) is 2. The summed E-state index contributed by atoms with van der Waals surface area (Å²) in [6.45, 7) is 4.95. The smallest absolute Gasteiger partial charge is 0.253 e. The molecule has 1 aliphatic rings. The molecule has 3 N–H and O–H groups in total. The van der Waals surface area contributed by atoms with E-state index >= 15 is 0 Å². The third-order valence-corrected chi connectivity index (χ3v) is 5.96. The summed E-state index contributed by atoms with van der Waals surface area (Å²) in [5.41, 5.74) is 8.50. The van der Waals surface area contributed by atoms with Gasteiger partial charge in [0.2, 0.25) is 5.95 Å². The van der Waals surface area contributed by atoms with Gasteiger partial charge in [-0.3, -0.25) is 9.59 Å². The summed E-state index contributed by atoms with van der Waals surface area (Å²) >= 11 is 0. The summed E-state index contributed by atoms with van der Waals surface area (Å²) in [7, 11) is 0. The first kappa shape index (κ1) is 22.3. The summed E-state index contributed by atoms with van der Waals surface area (Å²) in [6.07, 6.45) is 3.34. The summed E-state index contributed by atoms with van der Waals surface area (Å²) in [5, 5.41) is 0. The maximum Gasteiger partial charge on any atom is 0.253 e. The van der Waals surface area contributed by atoms with Crippen molar-refractivity contribution in [2.45, 2.75) is 6.92 Å². The fraction of sp³-hybridized carbons (Fsp3) is 0.240. The number of H-pyrrole nitrogens is 1. The van der Waals surface area contributed by atoms with Crippen LogP contribution in [0.25, 0.3) is 22.4 Å². The van der Waals surface area contributed by atoms with Crippen LogP contribution in [-0.2, 0) is 0 Å². The number of nitrogens with one attached hydrogen (secondary N) is 1. The van der Waals surface area contributed by atoms with E-state index in [9.17, 15) is 9.59 Å². The molecule has 0 unspecified atom stereocenters. The van der Waals surface area contributed by atoms with E-state index in [2.05, 4.69) is 24.8 Å². The van der Waals surface area contributed by atoms with Crippen LogP contribution in [-0.4, -0.2) is 69.4 Å². The van der Waals surface area contributed by atoms with Gasteiger partial charge >= 0.3 is 0 Å². The Morgan fingerprint density at radius 2 is 1.74 bits per heavy atom. The number of rotatable bonds is 6. The second-order valence-electron chi connectivity index (χ2n) is 8.16. The number of anilines is 1. The molecular formula is C25H25N7O3. The van der Waals surface area contributed by atoms with Gasteiger partial charge in [-0.25, -0.2) is 15.0 Å². The lowest BCUT2D eigenvalue weighted by molar-refractivity contribution is 0.0746. The molecule has 0 spiro atoms. The third-order valence-electron chi connectivity index (χ3n) is 5.96. The zero-order valence-corrected chi connectivity index (χ0v) is 19.3. The average Bonchev–Trinajstić information content (AvgIpc) is 3.34. The van der Waals surface area contributed by atoms with Crippen LogP contribution in [0.3, 0.4) is 0 Å². The van der Waals surface area contributed by atoms with Crippen LogP contribution in [0.1, 0.15) is 27.6 Å². The van der Waals surface area contributed by atoms with Gasteiger partial charge in [0.15, 0.2) is 5.75 Å². The fourth-order valence-corrected chi connectivity index (χ4v) is 4.14. The van der Waals surface area contributed by atoms with Crippen LogP contribution in [0.5, 0.6) is 5.75 Å². The van der Waals surface area contributed by atoms with Crippen molar-refractivity contribution in [2.24, 2.45) is 5.73 Å². The predicted molar refractivity (Wildman–Crippen MR) is 131 cm³/mol. The normalized spacial score (nSPS) is 13.7. The van der Waals surface area contributed by atoms with E-state index in [1.54, 1.807) is 36.7 Å². The highest BCUT2D eigenvalue weighted by atomic mass is 16.5. The Kier molecular flexibility index (Phi) is 6.01. The number of carbonyl (C=O) groups is 2. The molecule has 1 saturated heterocycles. The average molecular weight is 472 g/mol. The molecule has 3 heterocycles. The van der Waals surface area contributed by atoms with E-state index in [0.29, 0.717) is 67.0 Å². The summed E-state index contributed by atoms with van der Waals surface area (Å²) in [6, 6.07) is 12.5. The topological polar surface area (TPSA) is 130 Å². The SMILES string of the molecule is CCOc1cnc(N2CCN(C(=O)c3ccc(-c4nc5c(C(N)=O)cccc5[nH]4)cc3)CC2)nc1. The molecule has 2 amide bonds. The largest absolute Gasteiger partial charge is 0.491 e. The number of amides is 2. The van der Waals surface area contributed by atoms with Crippen molar-refractivity contribution in [1.29, 1.82) is 0 Å². The molecule has 2 aromatic heterocycles. The molecule has 10 heteroatoms. The number of primary amides is 1. The van der Waals surface area contributed by atoms with Crippen LogP contribution < -0.4 is 15.4 Å². The van der Waals surface area contributed by atoms with Crippen LogP contribution in [0.4, 0.5) is 5.95 Å². The number of aromatic nitrogens is 4. The Labute approximate surface area is 201 Å². The Hall–Kier alpha value is -4.47. The van der Waals surface area contributed by atoms with Gasteiger partial charge in [0, 0.05) is 37.3 Å². The van der Waals surface area contributed by atoms with Gasteiger partial charge in [-0.05, 0) is 31.2 Å². The monoisotopic (exact) mass is 471 g/mol. The Balaban J connectivity index is 1.25. The highest BCUT2D eigenvalue weighted by Gasteiger charge is 2.23. The molecule has 2 aromatic carbocycles. The maximum absolute atomic E-state index is 13.1. The van der Waals surface area contributed by atoms with Crippen molar-refractivity contribution in [3.8, 4) is 17.1 Å². The minimum absolute atomic E-state index is 0.0237. The van der Waals surface area contributed by atoms with E-state index in [-0.39, 0.29) is 5.91 Å². The molecule has 0 atom stereocenters. The lowest BCUT2D eigenvalue weighted by Crippen LogP contribution is -2.49. The summed E-state index contributed by atoms with van der Waals surface area (Å²) < 4.78 is 5.39. The van der Waals surface area contributed by atoms with Gasteiger partial charge in [0.1, 0.15) is 11.3 Å². The van der Waals surface area contributed by atoms with Crippen LogP contribution >= 0.6 is 0 Å². The highest BCUT2D eigenvalue weighted by Crippen LogP contribution is 2.24. The lowest BCUT2D eigenvalue weighted by atomic mass is 10.1. The zero-order valence-electron chi connectivity index (χ0n) is 19.3. The second-order valence-corrected chi connectivity index (χ2v) is 8.16. The van der Waals surface area contributed by atoms with Gasteiger partial charge < -0.3 is 25.3 Å². The Morgan fingerprint density at radius 3 is 2.40 bits per heavy atom.